The monoisotopic (exact) mass is 501 g/mol. The molecule has 3 heterocycles. The Morgan fingerprint density at radius 3 is 2.50 bits per heavy atom. The second-order valence-corrected chi connectivity index (χ2v) is 8.03. The number of carbonyl (C=O) groups is 3. The topological polar surface area (TPSA) is 103 Å². The van der Waals surface area contributed by atoms with Crippen LogP contribution in [0, 0.1) is 6.92 Å². The maximum absolute atomic E-state index is 13.2. The normalized spacial score (nSPS) is 11.3. The largest absolute Gasteiger partial charge is 0.462 e. The summed E-state index contributed by atoms with van der Waals surface area (Å²) in [5.74, 6) is -2.03. The lowest BCUT2D eigenvalue weighted by Gasteiger charge is -2.06. The minimum atomic E-state index is -3.04. The SMILES string of the molecule is CCOC(=O)c1c(NC(=O)c2ccc(Cn3nc(C(F)F)cc3C(F)F)o2)sc(C(C)=O)c1C. The summed E-state index contributed by atoms with van der Waals surface area (Å²) in [6.45, 7) is 4.15. The van der Waals surface area contributed by atoms with Crippen molar-refractivity contribution in [2.75, 3.05) is 11.9 Å². The van der Waals surface area contributed by atoms with Crippen molar-refractivity contribution in [3.8, 4) is 0 Å². The highest BCUT2D eigenvalue weighted by Gasteiger charge is 2.27. The van der Waals surface area contributed by atoms with Crippen LogP contribution in [0.25, 0.3) is 0 Å². The number of nitrogens with one attached hydrogen (secondary N) is 1. The van der Waals surface area contributed by atoms with Gasteiger partial charge in [-0.1, -0.05) is 0 Å². The molecule has 0 aliphatic carbocycles. The molecule has 0 bridgehead atoms. The predicted molar refractivity (Wildman–Crippen MR) is 113 cm³/mol. The van der Waals surface area contributed by atoms with Crippen LogP contribution in [-0.4, -0.2) is 34.0 Å². The highest BCUT2D eigenvalue weighted by molar-refractivity contribution is 7.18. The van der Waals surface area contributed by atoms with Crippen LogP contribution in [0.2, 0.25) is 0 Å². The lowest BCUT2D eigenvalue weighted by Crippen LogP contribution is -2.14. The van der Waals surface area contributed by atoms with Gasteiger partial charge in [0.25, 0.3) is 18.8 Å². The zero-order chi connectivity index (χ0) is 25.2. The Kier molecular flexibility index (Phi) is 7.54. The molecular weight excluding hydrogens is 482 g/mol. The van der Waals surface area contributed by atoms with E-state index in [1.165, 1.54) is 19.1 Å². The van der Waals surface area contributed by atoms with Crippen molar-refractivity contribution < 1.29 is 41.1 Å². The molecule has 0 aromatic carbocycles. The zero-order valence-corrected chi connectivity index (χ0v) is 19.0. The molecule has 0 saturated carbocycles. The number of ketones is 1. The summed E-state index contributed by atoms with van der Waals surface area (Å²) in [4.78, 5) is 37.2. The second kappa shape index (κ2) is 10.2. The Morgan fingerprint density at radius 2 is 1.91 bits per heavy atom. The van der Waals surface area contributed by atoms with E-state index in [9.17, 15) is 31.9 Å². The Balaban J connectivity index is 1.84. The first-order valence-electron chi connectivity index (χ1n) is 9.88. The van der Waals surface area contributed by atoms with Crippen LogP contribution in [0.5, 0.6) is 0 Å². The molecular formula is C21H19F4N3O5S. The van der Waals surface area contributed by atoms with Gasteiger partial charge in [0.1, 0.15) is 22.1 Å². The maximum atomic E-state index is 13.2. The van der Waals surface area contributed by atoms with Gasteiger partial charge in [0, 0.05) is 0 Å². The molecule has 34 heavy (non-hydrogen) atoms. The Bertz CT molecular complexity index is 1230. The van der Waals surface area contributed by atoms with Gasteiger partial charge in [-0.2, -0.15) is 5.10 Å². The molecule has 3 aromatic heterocycles. The number of carbonyl (C=O) groups excluding carboxylic acids is 3. The molecule has 0 radical (unpaired) electrons. The van der Waals surface area contributed by atoms with Gasteiger partial charge >= 0.3 is 5.97 Å². The van der Waals surface area contributed by atoms with Crippen LogP contribution in [0.3, 0.4) is 0 Å². The van der Waals surface area contributed by atoms with Gasteiger partial charge in [-0.3, -0.25) is 14.3 Å². The predicted octanol–water partition coefficient (Wildman–Crippen LogP) is 5.40. The van der Waals surface area contributed by atoms with E-state index in [4.69, 9.17) is 9.15 Å². The number of ether oxygens (including phenoxy) is 1. The molecule has 0 fully saturated rings. The highest BCUT2D eigenvalue weighted by atomic mass is 32.1. The van der Waals surface area contributed by atoms with E-state index in [-0.39, 0.29) is 39.4 Å². The summed E-state index contributed by atoms with van der Waals surface area (Å²) < 4.78 is 63.1. The van der Waals surface area contributed by atoms with E-state index >= 15 is 0 Å². The van der Waals surface area contributed by atoms with Gasteiger partial charge in [-0.25, -0.2) is 22.4 Å². The van der Waals surface area contributed by atoms with Crippen LogP contribution >= 0.6 is 11.3 Å². The third-order valence-electron chi connectivity index (χ3n) is 4.64. The molecule has 0 aliphatic heterocycles. The third kappa shape index (κ3) is 5.19. The first-order chi connectivity index (χ1) is 16.0. The lowest BCUT2D eigenvalue weighted by atomic mass is 10.1. The van der Waals surface area contributed by atoms with E-state index in [2.05, 4.69) is 10.4 Å². The highest BCUT2D eigenvalue weighted by Crippen LogP contribution is 2.34. The Labute approximate surface area is 194 Å². The number of anilines is 1. The van der Waals surface area contributed by atoms with Crippen molar-refractivity contribution >= 4 is 34.0 Å². The molecule has 1 amide bonds. The van der Waals surface area contributed by atoms with Crippen molar-refractivity contribution in [1.82, 2.24) is 9.78 Å². The summed E-state index contributed by atoms with van der Waals surface area (Å²) in [7, 11) is 0. The van der Waals surface area contributed by atoms with E-state index in [0.717, 1.165) is 11.3 Å². The molecule has 3 rings (SSSR count). The number of hydrogen-bond acceptors (Lipinski definition) is 7. The molecule has 0 unspecified atom stereocenters. The van der Waals surface area contributed by atoms with Crippen LogP contribution in [0.4, 0.5) is 22.6 Å². The number of esters is 1. The summed E-state index contributed by atoms with van der Waals surface area (Å²) in [6, 6.07) is 3.16. The number of amides is 1. The fourth-order valence-electron chi connectivity index (χ4n) is 3.14. The van der Waals surface area contributed by atoms with Crippen molar-refractivity contribution in [1.29, 1.82) is 0 Å². The number of furan rings is 1. The van der Waals surface area contributed by atoms with Gasteiger partial charge in [-0.15, -0.1) is 11.3 Å². The molecule has 1 N–H and O–H groups in total. The number of aromatic nitrogens is 2. The Morgan fingerprint density at radius 1 is 1.21 bits per heavy atom. The average Bonchev–Trinajstić information content (AvgIpc) is 3.46. The third-order valence-corrected chi connectivity index (χ3v) is 5.95. The van der Waals surface area contributed by atoms with Gasteiger partial charge in [-0.05, 0) is 44.5 Å². The van der Waals surface area contributed by atoms with Crippen molar-refractivity contribution in [2.24, 2.45) is 0 Å². The smallest absolute Gasteiger partial charge is 0.341 e. The number of alkyl halides is 4. The molecule has 182 valence electrons. The quantitative estimate of drug-likeness (QED) is 0.239. The minimum Gasteiger partial charge on any atom is -0.462 e. The Hall–Kier alpha value is -3.48. The summed E-state index contributed by atoms with van der Waals surface area (Å²) >= 11 is 0.899. The van der Waals surface area contributed by atoms with E-state index in [1.807, 2.05) is 0 Å². The summed E-state index contributed by atoms with van der Waals surface area (Å²) in [5, 5.41) is 6.05. The second-order valence-electron chi connectivity index (χ2n) is 7.01. The molecule has 8 nitrogen and oxygen atoms in total. The molecule has 0 saturated heterocycles. The number of Topliss-reactive ketones (excluding diaryl/α,β-unsaturated/α-hetero) is 1. The fraction of sp³-hybridized carbons (Fsp3) is 0.333. The first kappa shape index (κ1) is 25.1. The standard InChI is InChI=1S/C21H19F4N3O5S/c1-4-32-21(31)15-9(2)16(10(3)29)34-20(15)26-19(30)14-6-5-11(33-14)8-28-13(18(24)25)7-12(27-28)17(22)23/h5-7,17-18H,4,8H2,1-3H3,(H,26,30). The average molecular weight is 501 g/mol. The van der Waals surface area contributed by atoms with E-state index < -0.39 is 42.7 Å². The van der Waals surface area contributed by atoms with Crippen molar-refractivity contribution in [3.05, 3.63) is 57.1 Å². The fourth-order valence-corrected chi connectivity index (χ4v) is 4.23. The number of thiophene rings is 1. The van der Waals surface area contributed by atoms with E-state index in [0.29, 0.717) is 16.3 Å². The van der Waals surface area contributed by atoms with Crippen LogP contribution in [0.15, 0.2) is 22.6 Å². The number of rotatable bonds is 9. The van der Waals surface area contributed by atoms with Gasteiger partial charge in [0.2, 0.25) is 0 Å². The van der Waals surface area contributed by atoms with Gasteiger partial charge in [0.15, 0.2) is 11.5 Å². The first-order valence-corrected chi connectivity index (χ1v) is 10.7. The van der Waals surface area contributed by atoms with Crippen LogP contribution in [0.1, 0.15) is 80.0 Å². The van der Waals surface area contributed by atoms with E-state index in [1.54, 1.807) is 13.8 Å². The summed E-state index contributed by atoms with van der Waals surface area (Å²) in [6.07, 6.45) is -6.07. The van der Waals surface area contributed by atoms with Crippen LogP contribution in [-0.2, 0) is 11.3 Å². The zero-order valence-electron chi connectivity index (χ0n) is 18.2. The molecule has 13 heteroatoms. The number of halogens is 4. The molecule has 3 aromatic rings. The molecule has 0 spiro atoms. The number of nitrogens with zero attached hydrogens (tertiary/aromatic N) is 2. The number of hydrogen-bond donors (Lipinski definition) is 1. The lowest BCUT2D eigenvalue weighted by molar-refractivity contribution is 0.0527. The minimum absolute atomic E-state index is 0.00775. The van der Waals surface area contributed by atoms with Crippen LogP contribution < -0.4 is 5.32 Å². The van der Waals surface area contributed by atoms with Gasteiger partial charge in [0.05, 0.1) is 23.6 Å². The maximum Gasteiger partial charge on any atom is 0.341 e. The summed E-state index contributed by atoms with van der Waals surface area (Å²) in [5.41, 5.74) is -1.13. The molecule has 0 aliphatic rings. The van der Waals surface area contributed by atoms with Gasteiger partial charge < -0.3 is 14.5 Å². The van der Waals surface area contributed by atoms with Crippen molar-refractivity contribution in [3.63, 3.8) is 0 Å². The molecule has 0 atom stereocenters. The van der Waals surface area contributed by atoms with Crippen molar-refractivity contribution in [2.45, 2.75) is 40.2 Å².